The molecule has 2 aromatic carbocycles. The van der Waals surface area contributed by atoms with Crippen molar-refractivity contribution in [1.82, 2.24) is 5.32 Å². The SMILES string of the molecule is CC(C)NC(=O)Nc1ccc(NC(=O)c2ccc(OC(F)(F)F)cc2)cc1. The minimum atomic E-state index is -4.79. The van der Waals surface area contributed by atoms with Crippen molar-refractivity contribution in [1.29, 1.82) is 0 Å². The number of anilines is 2. The van der Waals surface area contributed by atoms with Gasteiger partial charge in [0.15, 0.2) is 0 Å². The molecule has 0 aliphatic carbocycles. The molecule has 0 bridgehead atoms. The van der Waals surface area contributed by atoms with Crippen molar-refractivity contribution >= 4 is 23.3 Å². The molecule has 0 unspecified atom stereocenters. The summed E-state index contributed by atoms with van der Waals surface area (Å²) in [7, 11) is 0. The predicted octanol–water partition coefficient (Wildman–Crippen LogP) is 4.37. The molecule has 0 saturated carbocycles. The van der Waals surface area contributed by atoms with Gasteiger partial charge in [0.1, 0.15) is 5.75 Å². The first kappa shape index (κ1) is 20.1. The molecule has 0 aliphatic heterocycles. The van der Waals surface area contributed by atoms with Gasteiger partial charge in [-0.15, -0.1) is 13.2 Å². The molecule has 0 atom stereocenters. The maximum Gasteiger partial charge on any atom is 0.573 e. The van der Waals surface area contributed by atoms with Gasteiger partial charge in [-0.2, -0.15) is 0 Å². The Kier molecular flexibility index (Phi) is 6.27. The number of hydrogen-bond acceptors (Lipinski definition) is 3. The first-order valence-corrected chi connectivity index (χ1v) is 7.97. The number of hydrogen-bond donors (Lipinski definition) is 3. The third kappa shape index (κ3) is 6.89. The van der Waals surface area contributed by atoms with Crippen LogP contribution in [0.2, 0.25) is 0 Å². The summed E-state index contributed by atoms with van der Waals surface area (Å²) in [5.74, 6) is -0.902. The van der Waals surface area contributed by atoms with Gasteiger partial charge >= 0.3 is 12.4 Å². The molecule has 3 N–H and O–H groups in total. The fourth-order valence-electron chi connectivity index (χ4n) is 2.08. The van der Waals surface area contributed by atoms with Gasteiger partial charge in [0.05, 0.1) is 0 Å². The van der Waals surface area contributed by atoms with Crippen molar-refractivity contribution in [2.75, 3.05) is 10.6 Å². The van der Waals surface area contributed by atoms with Crippen LogP contribution >= 0.6 is 0 Å². The van der Waals surface area contributed by atoms with Crippen LogP contribution < -0.4 is 20.7 Å². The van der Waals surface area contributed by atoms with E-state index in [-0.39, 0.29) is 17.6 Å². The van der Waals surface area contributed by atoms with Gasteiger partial charge in [-0.05, 0) is 62.4 Å². The molecule has 2 aromatic rings. The molecule has 0 radical (unpaired) electrons. The number of ether oxygens (including phenoxy) is 1. The van der Waals surface area contributed by atoms with Crippen molar-refractivity contribution in [3.8, 4) is 5.75 Å². The van der Waals surface area contributed by atoms with E-state index in [1.165, 1.54) is 12.1 Å². The largest absolute Gasteiger partial charge is 0.573 e. The van der Waals surface area contributed by atoms with Crippen molar-refractivity contribution in [2.45, 2.75) is 26.3 Å². The topological polar surface area (TPSA) is 79.5 Å². The first-order valence-electron chi connectivity index (χ1n) is 7.97. The lowest BCUT2D eigenvalue weighted by atomic mass is 10.2. The van der Waals surface area contributed by atoms with Gasteiger partial charge in [0.25, 0.3) is 5.91 Å². The summed E-state index contributed by atoms with van der Waals surface area (Å²) in [6, 6.07) is 10.6. The number of alkyl halides is 3. The molecule has 0 aromatic heterocycles. The molecule has 0 aliphatic rings. The van der Waals surface area contributed by atoms with Crippen LogP contribution in [0.1, 0.15) is 24.2 Å². The summed E-state index contributed by atoms with van der Waals surface area (Å²) < 4.78 is 40.1. The molecule has 3 amide bonds. The number of rotatable bonds is 5. The van der Waals surface area contributed by atoms with Crippen molar-refractivity contribution in [3.05, 3.63) is 54.1 Å². The van der Waals surface area contributed by atoms with Crippen LogP contribution in [0.4, 0.5) is 29.3 Å². The standard InChI is InChI=1S/C18H18F3N3O3/c1-11(2)22-17(26)24-14-7-5-13(6-8-14)23-16(25)12-3-9-15(10-4-12)27-18(19,20)21/h3-11H,1-2H3,(H,23,25)(H2,22,24,26). The maximum atomic E-state index is 12.1. The fraction of sp³-hybridized carbons (Fsp3) is 0.222. The fourth-order valence-corrected chi connectivity index (χ4v) is 2.08. The van der Waals surface area contributed by atoms with E-state index in [9.17, 15) is 22.8 Å². The number of carbonyl (C=O) groups excluding carboxylic acids is 2. The van der Waals surface area contributed by atoms with Gasteiger partial charge in [-0.25, -0.2) is 4.79 Å². The van der Waals surface area contributed by atoms with E-state index in [0.29, 0.717) is 11.4 Å². The molecule has 27 heavy (non-hydrogen) atoms. The van der Waals surface area contributed by atoms with Crippen LogP contribution in [-0.4, -0.2) is 24.3 Å². The van der Waals surface area contributed by atoms with Crippen molar-refractivity contribution in [3.63, 3.8) is 0 Å². The lowest BCUT2D eigenvalue weighted by Gasteiger charge is -2.11. The van der Waals surface area contributed by atoms with E-state index in [0.717, 1.165) is 12.1 Å². The summed E-state index contributed by atoms with van der Waals surface area (Å²) >= 11 is 0. The highest BCUT2D eigenvalue weighted by atomic mass is 19.4. The number of amides is 3. The highest BCUT2D eigenvalue weighted by Gasteiger charge is 2.31. The average molecular weight is 381 g/mol. The van der Waals surface area contributed by atoms with Crippen LogP contribution in [0.25, 0.3) is 0 Å². The van der Waals surface area contributed by atoms with Crippen LogP contribution in [-0.2, 0) is 0 Å². The second kappa shape index (κ2) is 8.43. The number of carbonyl (C=O) groups is 2. The Hall–Kier alpha value is -3.23. The number of halogens is 3. The second-order valence-electron chi connectivity index (χ2n) is 5.86. The summed E-state index contributed by atoms with van der Waals surface area (Å²) in [5, 5.41) is 7.93. The zero-order chi connectivity index (χ0) is 20.0. The lowest BCUT2D eigenvalue weighted by Crippen LogP contribution is -2.34. The molecule has 0 heterocycles. The third-order valence-electron chi connectivity index (χ3n) is 3.17. The van der Waals surface area contributed by atoms with Crippen LogP contribution in [0.15, 0.2) is 48.5 Å². The normalized spacial score (nSPS) is 11.0. The molecule has 144 valence electrons. The summed E-state index contributed by atoms with van der Waals surface area (Å²) in [6.45, 7) is 3.67. The van der Waals surface area contributed by atoms with Crippen molar-refractivity contribution in [2.24, 2.45) is 0 Å². The zero-order valence-corrected chi connectivity index (χ0v) is 14.6. The van der Waals surface area contributed by atoms with Crippen LogP contribution in [0.5, 0.6) is 5.75 Å². The van der Waals surface area contributed by atoms with Gasteiger partial charge < -0.3 is 20.7 Å². The quantitative estimate of drug-likeness (QED) is 0.720. The van der Waals surface area contributed by atoms with Crippen LogP contribution in [0, 0.1) is 0 Å². The summed E-state index contributed by atoms with van der Waals surface area (Å²) in [6.07, 6.45) is -4.79. The number of nitrogens with one attached hydrogen (secondary N) is 3. The summed E-state index contributed by atoms with van der Waals surface area (Å²) in [4.78, 5) is 23.8. The monoisotopic (exact) mass is 381 g/mol. The van der Waals surface area contributed by atoms with E-state index in [1.54, 1.807) is 24.3 Å². The van der Waals surface area contributed by atoms with Gasteiger partial charge in [-0.3, -0.25) is 4.79 Å². The molecule has 0 spiro atoms. The second-order valence-corrected chi connectivity index (χ2v) is 5.86. The van der Waals surface area contributed by atoms with Gasteiger partial charge in [-0.1, -0.05) is 0 Å². The molecule has 0 saturated heterocycles. The van der Waals surface area contributed by atoms with E-state index in [2.05, 4.69) is 20.7 Å². The lowest BCUT2D eigenvalue weighted by molar-refractivity contribution is -0.274. The first-order chi connectivity index (χ1) is 12.6. The Morgan fingerprint density at radius 2 is 1.41 bits per heavy atom. The van der Waals surface area contributed by atoms with E-state index >= 15 is 0 Å². The summed E-state index contributed by atoms with van der Waals surface area (Å²) in [5.41, 5.74) is 1.17. The number of benzene rings is 2. The highest BCUT2D eigenvalue weighted by molar-refractivity contribution is 6.04. The van der Waals surface area contributed by atoms with E-state index < -0.39 is 18.0 Å². The van der Waals surface area contributed by atoms with Gasteiger partial charge in [0.2, 0.25) is 0 Å². The Balaban J connectivity index is 1.94. The Labute approximate surface area is 153 Å². The molecule has 9 heteroatoms. The third-order valence-corrected chi connectivity index (χ3v) is 3.17. The van der Waals surface area contributed by atoms with E-state index in [1.807, 2.05) is 13.8 Å². The van der Waals surface area contributed by atoms with E-state index in [4.69, 9.17) is 0 Å². The Morgan fingerprint density at radius 1 is 0.889 bits per heavy atom. The Morgan fingerprint density at radius 3 is 1.89 bits per heavy atom. The van der Waals surface area contributed by atoms with Gasteiger partial charge in [0, 0.05) is 23.0 Å². The predicted molar refractivity (Wildman–Crippen MR) is 94.8 cm³/mol. The smallest absolute Gasteiger partial charge is 0.406 e. The average Bonchev–Trinajstić information content (AvgIpc) is 2.55. The molecular formula is C18H18F3N3O3. The van der Waals surface area contributed by atoms with Crippen molar-refractivity contribution < 1.29 is 27.5 Å². The zero-order valence-electron chi connectivity index (χ0n) is 14.6. The molecular weight excluding hydrogens is 363 g/mol. The van der Waals surface area contributed by atoms with Crippen LogP contribution in [0.3, 0.4) is 0 Å². The maximum absolute atomic E-state index is 12.1. The molecule has 0 fully saturated rings. The number of urea groups is 1. The minimum Gasteiger partial charge on any atom is -0.406 e. The highest BCUT2D eigenvalue weighted by Crippen LogP contribution is 2.23. The Bertz CT molecular complexity index is 788. The molecule has 6 nitrogen and oxygen atoms in total. The molecule has 2 rings (SSSR count). The minimum absolute atomic E-state index is 0.00326.